The second kappa shape index (κ2) is 8.54. The maximum atomic E-state index is 9.90. The highest BCUT2D eigenvalue weighted by atomic mass is 79.9. The zero-order valence-electron chi connectivity index (χ0n) is 12.0. The van der Waals surface area contributed by atoms with Gasteiger partial charge in [-0.15, -0.1) is 11.3 Å². The first-order valence-corrected chi connectivity index (χ1v) is 8.63. The van der Waals surface area contributed by atoms with Gasteiger partial charge in [0.15, 0.2) is 0 Å². The van der Waals surface area contributed by atoms with Crippen LogP contribution >= 0.6 is 27.3 Å². The molecule has 0 radical (unpaired) electrons. The Bertz CT molecular complexity index is 541. The number of nitrogens with one attached hydrogen (secondary N) is 1. The highest BCUT2D eigenvalue weighted by molar-refractivity contribution is 9.11. The number of benzene rings is 1. The number of thiophene rings is 1. The van der Waals surface area contributed by atoms with Gasteiger partial charge in [0, 0.05) is 18.0 Å². The average Bonchev–Trinajstić information content (AvgIpc) is 2.91. The Morgan fingerprint density at radius 1 is 1.24 bits per heavy atom. The van der Waals surface area contributed by atoms with E-state index in [0.717, 1.165) is 22.5 Å². The highest BCUT2D eigenvalue weighted by Crippen LogP contribution is 2.21. The molecular formula is C16H20BrNO2S. The maximum absolute atomic E-state index is 9.90. The van der Waals surface area contributed by atoms with Crippen LogP contribution in [0.1, 0.15) is 17.4 Å². The van der Waals surface area contributed by atoms with Gasteiger partial charge in [0.05, 0.1) is 3.79 Å². The Hall–Kier alpha value is -0.880. The van der Waals surface area contributed by atoms with E-state index in [1.807, 2.05) is 18.2 Å². The van der Waals surface area contributed by atoms with Gasteiger partial charge < -0.3 is 15.2 Å². The molecule has 0 fully saturated rings. The van der Waals surface area contributed by atoms with Crippen LogP contribution in [0.5, 0.6) is 5.75 Å². The lowest BCUT2D eigenvalue weighted by Gasteiger charge is -2.13. The van der Waals surface area contributed by atoms with E-state index in [4.69, 9.17) is 4.74 Å². The molecule has 0 saturated carbocycles. The van der Waals surface area contributed by atoms with E-state index in [0.29, 0.717) is 13.2 Å². The molecule has 2 rings (SSSR count). The van der Waals surface area contributed by atoms with E-state index < -0.39 is 6.10 Å². The summed E-state index contributed by atoms with van der Waals surface area (Å²) in [6.45, 7) is 3.70. The second-order valence-electron chi connectivity index (χ2n) is 4.80. The van der Waals surface area contributed by atoms with Crippen molar-refractivity contribution in [3.05, 3.63) is 50.6 Å². The first kappa shape index (κ1) is 16.5. The molecule has 1 atom stereocenters. The molecule has 0 saturated heterocycles. The standard InChI is InChI=1S/C16H20BrNO2S/c1-2-12-3-5-14(6-4-12)20-11-13(19)9-18-10-15-7-8-16(17)21-15/h3-8,13,18-19H,2,9-11H2,1H3. The van der Waals surface area contributed by atoms with Gasteiger partial charge in [-0.05, 0) is 52.2 Å². The topological polar surface area (TPSA) is 41.5 Å². The number of aliphatic hydroxyl groups excluding tert-OH is 1. The minimum Gasteiger partial charge on any atom is -0.491 e. The summed E-state index contributed by atoms with van der Waals surface area (Å²) in [5.74, 6) is 0.799. The molecule has 2 N–H and O–H groups in total. The van der Waals surface area contributed by atoms with Crippen molar-refractivity contribution in [3.63, 3.8) is 0 Å². The predicted molar refractivity (Wildman–Crippen MR) is 91.0 cm³/mol. The van der Waals surface area contributed by atoms with Crippen LogP contribution in [0, 0.1) is 0 Å². The summed E-state index contributed by atoms with van der Waals surface area (Å²) in [5.41, 5.74) is 1.28. The molecule has 0 aliphatic rings. The minimum atomic E-state index is -0.515. The minimum absolute atomic E-state index is 0.298. The van der Waals surface area contributed by atoms with Crippen molar-refractivity contribution in [2.45, 2.75) is 26.0 Å². The fourth-order valence-corrected chi connectivity index (χ4v) is 3.33. The van der Waals surface area contributed by atoms with Gasteiger partial charge in [-0.1, -0.05) is 19.1 Å². The van der Waals surface area contributed by atoms with E-state index in [1.165, 1.54) is 10.4 Å². The lowest BCUT2D eigenvalue weighted by molar-refractivity contribution is 0.106. The summed E-state index contributed by atoms with van der Waals surface area (Å²) in [4.78, 5) is 1.24. The summed E-state index contributed by atoms with van der Waals surface area (Å²) >= 11 is 5.13. The van der Waals surface area contributed by atoms with Gasteiger partial charge in [-0.25, -0.2) is 0 Å². The van der Waals surface area contributed by atoms with Gasteiger partial charge in [0.1, 0.15) is 18.5 Å². The zero-order valence-corrected chi connectivity index (χ0v) is 14.4. The molecular weight excluding hydrogens is 350 g/mol. The molecule has 1 aromatic heterocycles. The molecule has 5 heteroatoms. The number of rotatable bonds is 8. The summed E-state index contributed by atoms with van der Waals surface area (Å²) < 4.78 is 6.70. The van der Waals surface area contributed by atoms with Crippen LogP contribution in [0.4, 0.5) is 0 Å². The van der Waals surface area contributed by atoms with Crippen LogP contribution in [0.25, 0.3) is 0 Å². The maximum Gasteiger partial charge on any atom is 0.119 e. The molecule has 21 heavy (non-hydrogen) atoms. The van der Waals surface area contributed by atoms with Gasteiger partial charge >= 0.3 is 0 Å². The normalized spacial score (nSPS) is 12.3. The molecule has 114 valence electrons. The highest BCUT2D eigenvalue weighted by Gasteiger charge is 2.06. The smallest absolute Gasteiger partial charge is 0.119 e. The number of hydrogen-bond donors (Lipinski definition) is 2. The van der Waals surface area contributed by atoms with E-state index in [2.05, 4.69) is 46.4 Å². The zero-order chi connectivity index (χ0) is 15.1. The third-order valence-electron chi connectivity index (χ3n) is 3.08. The lowest BCUT2D eigenvalue weighted by Crippen LogP contribution is -2.30. The van der Waals surface area contributed by atoms with Crippen molar-refractivity contribution in [2.75, 3.05) is 13.2 Å². The molecule has 3 nitrogen and oxygen atoms in total. The Labute approximate surface area is 138 Å². The Balaban J connectivity index is 1.65. The van der Waals surface area contributed by atoms with Crippen LogP contribution in [-0.2, 0) is 13.0 Å². The van der Waals surface area contributed by atoms with Gasteiger partial charge in [0.2, 0.25) is 0 Å². The summed E-state index contributed by atoms with van der Waals surface area (Å²) in [6.07, 6.45) is 0.505. The largest absolute Gasteiger partial charge is 0.491 e. The molecule has 0 amide bonds. The number of ether oxygens (including phenoxy) is 1. The Morgan fingerprint density at radius 3 is 2.62 bits per heavy atom. The number of aryl methyl sites for hydroxylation is 1. The second-order valence-corrected chi connectivity index (χ2v) is 7.35. The van der Waals surface area contributed by atoms with Gasteiger partial charge in [-0.3, -0.25) is 0 Å². The van der Waals surface area contributed by atoms with Crippen LogP contribution in [0.2, 0.25) is 0 Å². The summed E-state index contributed by atoms with van der Waals surface area (Å²) in [5, 5.41) is 13.1. The molecule has 1 heterocycles. The average molecular weight is 370 g/mol. The van der Waals surface area contributed by atoms with Crippen LogP contribution in [0.15, 0.2) is 40.2 Å². The quantitative estimate of drug-likeness (QED) is 0.746. The van der Waals surface area contributed by atoms with E-state index in [9.17, 15) is 5.11 Å². The Morgan fingerprint density at radius 2 is 2.00 bits per heavy atom. The third kappa shape index (κ3) is 5.79. The number of aliphatic hydroxyl groups is 1. The monoisotopic (exact) mass is 369 g/mol. The van der Waals surface area contributed by atoms with Crippen molar-refractivity contribution in [3.8, 4) is 5.75 Å². The first-order chi connectivity index (χ1) is 10.2. The van der Waals surface area contributed by atoms with Crippen LogP contribution < -0.4 is 10.1 Å². The van der Waals surface area contributed by atoms with Crippen molar-refractivity contribution in [1.29, 1.82) is 0 Å². The third-order valence-corrected chi connectivity index (χ3v) is 4.71. The van der Waals surface area contributed by atoms with Crippen molar-refractivity contribution in [2.24, 2.45) is 0 Å². The molecule has 0 aliphatic carbocycles. The molecule has 1 aromatic carbocycles. The number of hydrogen-bond acceptors (Lipinski definition) is 4. The predicted octanol–water partition coefficient (Wildman–Crippen LogP) is 3.60. The van der Waals surface area contributed by atoms with Crippen molar-refractivity contribution >= 4 is 27.3 Å². The summed E-state index contributed by atoms with van der Waals surface area (Å²) in [7, 11) is 0. The van der Waals surface area contributed by atoms with Crippen LogP contribution in [0.3, 0.4) is 0 Å². The van der Waals surface area contributed by atoms with Crippen molar-refractivity contribution in [1.82, 2.24) is 5.32 Å². The van der Waals surface area contributed by atoms with E-state index in [1.54, 1.807) is 11.3 Å². The SMILES string of the molecule is CCc1ccc(OCC(O)CNCc2ccc(Br)s2)cc1. The first-order valence-electron chi connectivity index (χ1n) is 7.02. The molecule has 1 unspecified atom stereocenters. The molecule has 0 aliphatic heterocycles. The van der Waals surface area contributed by atoms with Gasteiger partial charge in [0.25, 0.3) is 0 Å². The van der Waals surface area contributed by atoms with E-state index in [-0.39, 0.29) is 0 Å². The summed E-state index contributed by atoms with van der Waals surface area (Å²) in [6, 6.07) is 12.1. The number of halogens is 1. The Kier molecular flexibility index (Phi) is 6.70. The molecule has 0 spiro atoms. The molecule has 2 aromatic rings. The fourth-order valence-electron chi connectivity index (χ4n) is 1.88. The van der Waals surface area contributed by atoms with E-state index >= 15 is 0 Å². The van der Waals surface area contributed by atoms with Crippen molar-refractivity contribution < 1.29 is 9.84 Å². The van der Waals surface area contributed by atoms with Crippen LogP contribution in [-0.4, -0.2) is 24.4 Å². The fraction of sp³-hybridized carbons (Fsp3) is 0.375. The van der Waals surface area contributed by atoms with Gasteiger partial charge in [-0.2, -0.15) is 0 Å². The lowest BCUT2D eigenvalue weighted by atomic mass is 10.2. The molecule has 0 bridgehead atoms.